The summed E-state index contributed by atoms with van der Waals surface area (Å²) in [6, 6.07) is 5.77. The molecule has 1 saturated heterocycles. The highest BCUT2D eigenvalue weighted by atomic mass is 35.5. The molecule has 2 aliphatic heterocycles. The Balaban J connectivity index is 1.32. The number of rotatable bonds is 4. The molecule has 6 nitrogen and oxygen atoms in total. The van der Waals surface area contributed by atoms with Gasteiger partial charge in [-0.25, -0.2) is 4.98 Å². The van der Waals surface area contributed by atoms with Crippen molar-refractivity contribution in [3.8, 4) is 5.75 Å². The number of hydrogen-bond donors (Lipinski definition) is 1. The molecule has 24 heavy (non-hydrogen) atoms. The Hall–Kier alpha value is -1.89. The van der Waals surface area contributed by atoms with Crippen LogP contribution in [0.2, 0.25) is 5.02 Å². The quantitative estimate of drug-likeness (QED) is 0.919. The number of nitrogens with zero attached hydrogens (tertiary/aromatic N) is 4. The zero-order valence-corrected chi connectivity index (χ0v) is 14.2. The Labute approximate surface area is 146 Å². The molecule has 1 N–H and O–H groups in total. The van der Waals surface area contributed by atoms with Crippen molar-refractivity contribution >= 4 is 17.7 Å². The monoisotopic (exact) mass is 345 g/mol. The number of aromatic amines is 1. The zero-order valence-electron chi connectivity index (χ0n) is 13.4. The van der Waals surface area contributed by atoms with Crippen LogP contribution in [0.4, 0.5) is 0 Å². The van der Waals surface area contributed by atoms with Crippen LogP contribution in [0, 0.1) is 0 Å². The van der Waals surface area contributed by atoms with Gasteiger partial charge < -0.3 is 4.74 Å². The molecule has 1 aromatic carbocycles. The van der Waals surface area contributed by atoms with Crippen molar-refractivity contribution < 1.29 is 4.74 Å². The SMILES string of the molecule is Clc1ccc2c(c1)C=C(CN1CCN(Cc3ncn[nH]3)CC1)CO2. The number of ether oxygens (including phenoxy) is 1. The third-order valence-electron chi connectivity index (χ3n) is 4.47. The Morgan fingerprint density at radius 1 is 1.12 bits per heavy atom. The molecule has 0 radical (unpaired) electrons. The summed E-state index contributed by atoms with van der Waals surface area (Å²) in [7, 11) is 0. The molecule has 0 aliphatic carbocycles. The first-order valence-electron chi connectivity index (χ1n) is 8.17. The summed E-state index contributed by atoms with van der Waals surface area (Å²) in [5.41, 5.74) is 2.38. The third kappa shape index (κ3) is 3.61. The second-order valence-corrected chi connectivity index (χ2v) is 6.69. The van der Waals surface area contributed by atoms with Crippen LogP contribution in [-0.2, 0) is 6.54 Å². The summed E-state index contributed by atoms with van der Waals surface area (Å²) >= 11 is 6.08. The topological polar surface area (TPSA) is 57.3 Å². The maximum Gasteiger partial charge on any atom is 0.138 e. The molecule has 4 rings (SSSR count). The van der Waals surface area contributed by atoms with Gasteiger partial charge in [0.1, 0.15) is 24.5 Å². The van der Waals surface area contributed by atoms with E-state index in [0.29, 0.717) is 6.61 Å². The molecule has 0 unspecified atom stereocenters. The molecule has 0 saturated carbocycles. The van der Waals surface area contributed by atoms with Crippen molar-refractivity contribution in [2.75, 3.05) is 39.3 Å². The van der Waals surface area contributed by atoms with Crippen molar-refractivity contribution in [3.63, 3.8) is 0 Å². The van der Waals surface area contributed by atoms with Crippen molar-refractivity contribution in [2.24, 2.45) is 0 Å². The molecule has 0 spiro atoms. The van der Waals surface area contributed by atoms with Gasteiger partial charge in [-0.2, -0.15) is 5.10 Å². The number of piperazine rings is 1. The van der Waals surface area contributed by atoms with E-state index in [0.717, 1.165) is 61.4 Å². The molecule has 2 aliphatic rings. The summed E-state index contributed by atoms with van der Waals surface area (Å²) in [6.07, 6.45) is 3.77. The van der Waals surface area contributed by atoms with E-state index in [1.165, 1.54) is 5.57 Å². The number of hydrogen-bond acceptors (Lipinski definition) is 5. The van der Waals surface area contributed by atoms with E-state index < -0.39 is 0 Å². The molecular formula is C17H20ClN5O. The highest BCUT2D eigenvalue weighted by molar-refractivity contribution is 6.30. The summed E-state index contributed by atoms with van der Waals surface area (Å²) in [5.74, 6) is 1.85. The fourth-order valence-electron chi connectivity index (χ4n) is 3.20. The Morgan fingerprint density at radius 2 is 1.92 bits per heavy atom. The van der Waals surface area contributed by atoms with Crippen LogP contribution >= 0.6 is 11.6 Å². The summed E-state index contributed by atoms with van der Waals surface area (Å²) < 4.78 is 5.84. The van der Waals surface area contributed by atoms with Crippen LogP contribution in [0.3, 0.4) is 0 Å². The van der Waals surface area contributed by atoms with Crippen LogP contribution < -0.4 is 4.74 Å². The predicted molar refractivity (Wildman–Crippen MR) is 93.0 cm³/mol. The van der Waals surface area contributed by atoms with Gasteiger partial charge in [0.25, 0.3) is 0 Å². The first kappa shape index (κ1) is 15.6. The molecule has 1 fully saturated rings. The molecule has 126 valence electrons. The van der Waals surface area contributed by atoms with E-state index in [1.54, 1.807) is 6.33 Å². The molecule has 0 bridgehead atoms. The number of benzene rings is 1. The molecule has 1 aromatic heterocycles. The maximum atomic E-state index is 6.08. The summed E-state index contributed by atoms with van der Waals surface area (Å²) in [6.45, 7) is 6.62. The molecular weight excluding hydrogens is 326 g/mol. The van der Waals surface area contributed by atoms with Crippen LogP contribution in [0.25, 0.3) is 6.08 Å². The van der Waals surface area contributed by atoms with Gasteiger partial charge in [0, 0.05) is 43.3 Å². The lowest BCUT2D eigenvalue weighted by Crippen LogP contribution is -2.46. The highest BCUT2D eigenvalue weighted by Crippen LogP contribution is 2.29. The standard InChI is InChI=1S/C17H20ClN5O/c18-15-1-2-16-14(8-15)7-13(11-24-16)9-22-3-5-23(6-4-22)10-17-19-12-20-21-17/h1-2,7-8,12H,3-6,9-11H2,(H,19,20,21). The lowest BCUT2D eigenvalue weighted by molar-refractivity contribution is 0.130. The lowest BCUT2D eigenvalue weighted by Gasteiger charge is -2.35. The van der Waals surface area contributed by atoms with Gasteiger partial charge in [0.2, 0.25) is 0 Å². The normalized spacial score (nSPS) is 18.8. The minimum Gasteiger partial charge on any atom is -0.489 e. The van der Waals surface area contributed by atoms with Crippen molar-refractivity contribution in [1.29, 1.82) is 0 Å². The second-order valence-electron chi connectivity index (χ2n) is 6.26. The van der Waals surface area contributed by atoms with Gasteiger partial charge in [-0.15, -0.1) is 0 Å². The largest absolute Gasteiger partial charge is 0.489 e. The zero-order chi connectivity index (χ0) is 16.4. The second kappa shape index (κ2) is 6.93. The van der Waals surface area contributed by atoms with Gasteiger partial charge in [-0.3, -0.25) is 14.9 Å². The molecule has 0 amide bonds. The fraction of sp³-hybridized carbons (Fsp3) is 0.412. The average molecular weight is 346 g/mol. The van der Waals surface area contributed by atoms with E-state index in [4.69, 9.17) is 16.3 Å². The number of halogens is 1. The van der Waals surface area contributed by atoms with Gasteiger partial charge in [0.05, 0.1) is 6.54 Å². The van der Waals surface area contributed by atoms with Crippen LogP contribution in [0.1, 0.15) is 11.4 Å². The summed E-state index contributed by atoms with van der Waals surface area (Å²) in [5, 5.41) is 7.57. The first-order chi connectivity index (χ1) is 11.8. The summed E-state index contributed by atoms with van der Waals surface area (Å²) in [4.78, 5) is 9.07. The fourth-order valence-corrected chi connectivity index (χ4v) is 3.38. The van der Waals surface area contributed by atoms with Gasteiger partial charge in [-0.1, -0.05) is 11.6 Å². The predicted octanol–water partition coefficient (Wildman–Crippen LogP) is 2.05. The lowest BCUT2D eigenvalue weighted by atomic mass is 10.1. The number of fused-ring (bicyclic) bond motifs is 1. The Kier molecular flexibility index (Phi) is 4.51. The third-order valence-corrected chi connectivity index (χ3v) is 4.71. The highest BCUT2D eigenvalue weighted by Gasteiger charge is 2.20. The molecule has 2 aromatic rings. The van der Waals surface area contributed by atoms with Crippen molar-refractivity contribution in [3.05, 3.63) is 46.5 Å². The number of H-pyrrole nitrogens is 1. The van der Waals surface area contributed by atoms with Crippen LogP contribution in [-0.4, -0.2) is 64.3 Å². The van der Waals surface area contributed by atoms with E-state index in [9.17, 15) is 0 Å². The van der Waals surface area contributed by atoms with Crippen molar-refractivity contribution in [2.45, 2.75) is 6.54 Å². The molecule has 7 heteroatoms. The van der Waals surface area contributed by atoms with E-state index in [-0.39, 0.29) is 0 Å². The van der Waals surface area contributed by atoms with Crippen LogP contribution in [0.5, 0.6) is 5.75 Å². The van der Waals surface area contributed by atoms with Gasteiger partial charge >= 0.3 is 0 Å². The number of nitrogens with one attached hydrogen (secondary N) is 1. The molecule has 0 atom stereocenters. The van der Waals surface area contributed by atoms with Crippen molar-refractivity contribution in [1.82, 2.24) is 25.0 Å². The first-order valence-corrected chi connectivity index (χ1v) is 8.55. The molecule has 3 heterocycles. The smallest absolute Gasteiger partial charge is 0.138 e. The Bertz CT molecular complexity index is 723. The number of aromatic nitrogens is 3. The van der Waals surface area contributed by atoms with E-state index in [2.05, 4.69) is 31.1 Å². The van der Waals surface area contributed by atoms with Gasteiger partial charge in [-0.05, 0) is 29.8 Å². The minimum absolute atomic E-state index is 0.660. The maximum absolute atomic E-state index is 6.08. The van der Waals surface area contributed by atoms with E-state index >= 15 is 0 Å². The van der Waals surface area contributed by atoms with E-state index in [1.807, 2.05) is 18.2 Å². The van der Waals surface area contributed by atoms with Gasteiger partial charge in [0.15, 0.2) is 0 Å². The Morgan fingerprint density at radius 3 is 2.67 bits per heavy atom. The van der Waals surface area contributed by atoms with Crippen LogP contribution in [0.15, 0.2) is 30.1 Å². The minimum atomic E-state index is 0.660. The average Bonchev–Trinajstić information content (AvgIpc) is 3.09.